The fraction of sp³-hybridized carbons (Fsp3) is 0.0164. The van der Waals surface area contributed by atoms with Gasteiger partial charge in [-0.05, 0) is 114 Å². The summed E-state index contributed by atoms with van der Waals surface area (Å²) >= 11 is 4.73. The molecule has 4 heterocycles. The maximum atomic E-state index is 5.20. The fourth-order valence-electron chi connectivity index (χ4n) is 9.66. The van der Waals surface area contributed by atoms with E-state index < -0.39 is 0 Å². The van der Waals surface area contributed by atoms with Gasteiger partial charge >= 0.3 is 0 Å². The van der Waals surface area contributed by atoms with Crippen molar-refractivity contribution in [1.82, 2.24) is 18.7 Å². The van der Waals surface area contributed by atoms with Crippen LogP contribution in [-0.2, 0) is 0 Å². The zero-order chi connectivity index (χ0) is 46.5. The van der Waals surface area contributed by atoms with Gasteiger partial charge in [-0.15, -0.1) is 22.7 Å². The van der Waals surface area contributed by atoms with E-state index in [1.807, 2.05) is 13.1 Å². The highest BCUT2D eigenvalue weighted by Gasteiger charge is 2.25. The van der Waals surface area contributed by atoms with Gasteiger partial charge < -0.3 is 9.80 Å². The molecule has 4 aromatic heterocycles. The number of benzene rings is 9. The van der Waals surface area contributed by atoms with Gasteiger partial charge in [-0.25, -0.2) is 4.98 Å². The molecule has 6 nitrogen and oxygen atoms in total. The van der Waals surface area contributed by atoms with E-state index in [0.29, 0.717) is 0 Å². The smallest absolute Gasteiger partial charge is 0.116 e. The maximum absolute atomic E-state index is 5.20. The third-order valence-corrected chi connectivity index (χ3v) is 15.7. The molecule has 9 aromatic carbocycles. The molecule has 0 saturated heterocycles. The number of thiophene rings is 2. The van der Waals surface area contributed by atoms with Crippen LogP contribution in [0.1, 0.15) is 5.69 Å². The van der Waals surface area contributed by atoms with Gasteiger partial charge in [-0.2, -0.15) is 8.75 Å². The van der Waals surface area contributed by atoms with Crippen LogP contribution in [0.5, 0.6) is 0 Å². The van der Waals surface area contributed by atoms with E-state index in [1.165, 1.54) is 33.3 Å². The van der Waals surface area contributed by atoms with Crippen LogP contribution < -0.4 is 9.80 Å². The molecule has 0 fully saturated rings. The lowest BCUT2D eigenvalue weighted by Gasteiger charge is -2.27. The fourth-order valence-corrected chi connectivity index (χ4v) is 12.3. The Bertz CT molecular complexity index is 4020. The molecule has 70 heavy (non-hydrogen) atoms. The number of hydrogen-bond acceptors (Lipinski definition) is 9. The maximum Gasteiger partial charge on any atom is 0.116 e. The number of fused-ring (bicyclic) bond motifs is 4. The van der Waals surface area contributed by atoms with Crippen molar-refractivity contribution >= 4 is 112 Å². The minimum Gasteiger partial charge on any atom is -0.310 e. The van der Waals surface area contributed by atoms with Gasteiger partial charge in [0.25, 0.3) is 0 Å². The summed E-state index contributed by atoms with van der Waals surface area (Å²) in [5.74, 6) is 0. The summed E-state index contributed by atoms with van der Waals surface area (Å²) in [4.78, 5) is 19.4. The first-order valence-electron chi connectivity index (χ1n) is 23.1. The molecule has 0 aliphatic carbocycles. The Morgan fingerprint density at radius 1 is 0.357 bits per heavy atom. The lowest BCUT2D eigenvalue weighted by atomic mass is 10.0. The molecular formula is C61H40N6S3. The van der Waals surface area contributed by atoms with Crippen molar-refractivity contribution in [3.63, 3.8) is 0 Å². The van der Waals surface area contributed by atoms with Gasteiger partial charge in [0.2, 0.25) is 0 Å². The largest absolute Gasteiger partial charge is 0.310 e. The minimum atomic E-state index is 0.826. The molecule has 0 aliphatic heterocycles. The molecule has 0 bridgehead atoms. The Morgan fingerprint density at radius 2 is 0.771 bits per heavy atom. The van der Waals surface area contributed by atoms with Gasteiger partial charge in [-0.1, -0.05) is 133 Å². The van der Waals surface area contributed by atoms with Crippen molar-refractivity contribution in [2.45, 2.75) is 6.92 Å². The molecule has 0 amide bonds. The lowest BCUT2D eigenvalue weighted by molar-refractivity contribution is 1.19. The third-order valence-electron chi connectivity index (χ3n) is 12.9. The zero-order valence-corrected chi connectivity index (χ0v) is 40.2. The second kappa shape index (κ2) is 17.6. The number of aromatic nitrogens is 4. The molecule has 9 heteroatoms. The molecule has 332 valence electrons. The van der Waals surface area contributed by atoms with Crippen molar-refractivity contribution in [2.75, 3.05) is 9.80 Å². The second-order valence-electron chi connectivity index (χ2n) is 17.2. The summed E-state index contributed by atoms with van der Waals surface area (Å²) in [5.41, 5.74) is 15.1. The van der Waals surface area contributed by atoms with Crippen molar-refractivity contribution in [1.29, 1.82) is 0 Å². The van der Waals surface area contributed by atoms with Gasteiger partial charge in [0.15, 0.2) is 0 Å². The van der Waals surface area contributed by atoms with E-state index in [1.54, 1.807) is 22.7 Å². The van der Waals surface area contributed by atoms with E-state index in [2.05, 4.69) is 228 Å². The molecule has 13 aromatic rings. The highest BCUT2D eigenvalue weighted by molar-refractivity contribution is 7.19. The van der Waals surface area contributed by atoms with E-state index in [4.69, 9.17) is 18.7 Å². The summed E-state index contributed by atoms with van der Waals surface area (Å²) in [7, 11) is 0. The highest BCUT2D eigenvalue weighted by Crippen LogP contribution is 2.48. The molecule has 0 radical (unpaired) electrons. The first-order valence-corrected chi connectivity index (χ1v) is 25.5. The minimum absolute atomic E-state index is 0.826. The Morgan fingerprint density at radius 3 is 1.27 bits per heavy atom. The van der Waals surface area contributed by atoms with Crippen LogP contribution in [-0.4, -0.2) is 18.7 Å². The molecule has 0 aliphatic rings. The van der Waals surface area contributed by atoms with Crippen LogP contribution in [0, 0.1) is 6.92 Å². The zero-order valence-electron chi connectivity index (χ0n) is 37.8. The molecule has 0 N–H and O–H groups in total. The predicted molar refractivity (Wildman–Crippen MR) is 297 cm³/mol. The number of aryl methyl sites for hydroxylation is 1. The van der Waals surface area contributed by atoms with Crippen molar-refractivity contribution < 1.29 is 0 Å². The number of para-hydroxylation sites is 2. The number of rotatable bonds is 10. The predicted octanol–water partition coefficient (Wildman–Crippen LogP) is 18.0. The summed E-state index contributed by atoms with van der Waals surface area (Å²) in [6.45, 7) is 2.00. The van der Waals surface area contributed by atoms with Crippen LogP contribution in [0.2, 0.25) is 0 Å². The molecule has 13 rings (SSSR count). The standard InChI is InChI=1S/C61H40N6S3/c1-39-38-62-58-56(54-36-34-52(68-54)42-26-30-46(31-27-42)66(44-18-4-2-5-19-44)50-24-12-16-40-14-8-10-22-48(40)50)60-61(65-70-64-60)57(59(58)63-39)55-37-35-53(69-55)43-28-32-47(33-29-43)67(45-20-6-3-7-21-45)51-25-13-17-41-15-9-11-23-49(41)51/h2-38H,1H3. The van der Waals surface area contributed by atoms with Crippen LogP contribution in [0.3, 0.4) is 0 Å². The van der Waals surface area contributed by atoms with Crippen LogP contribution in [0.15, 0.2) is 225 Å². The van der Waals surface area contributed by atoms with Gasteiger partial charge in [0.1, 0.15) is 22.1 Å². The van der Waals surface area contributed by atoms with Crippen LogP contribution in [0.25, 0.3) is 85.4 Å². The van der Waals surface area contributed by atoms with E-state index in [-0.39, 0.29) is 0 Å². The van der Waals surface area contributed by atoms with Crippen molar-refractivity contribution in [3.05, 3.63) is 230 Å². The average molecular weight is 953 g/mol. The molecular weight excluding hydrogens is 913 g/mol. The Balaban J connectivity index is 0.843. The summed E-state index contributed by atoms with van der Waals surface area (Å²) < 4.78 is 9.95. The Hall–Kier alpha value is -8.34. The molecule has 0 spiro atoms. The van der Waals surface area contributed by atoms with Crippen LogP contribution in [0.4, 0.5) is 34.1 Å². The number of hydrogen-bond donors (Lipinski definition) is 0. The molecule has 0 saturated carbocycles. The Kier molecular flexibility index (Phi) is 10.5. The number of nitrogens with zero attached hydrogens (tertiary/aromatic N) is 6. The van der Waals surface area contributed by atoms with E-state index in [0.717, 1.165) is 104 Å². The number of anilines is 6. The molecule has 0 unspecified atom stereocenters. The van der Waals surface area contributed by atoms with Gasteiger partial charge in [-0.3, -0.25) is 4.98 Å². The lowest BCUT2D eigenvalue weighted by Crippen LogP contribution is -2.10. The van der Waals surface area contributed by atoms with Gasteiger partial charge in [0, 0.05) is 70.4 Å². The second-order valence-corrected chi connectivity index (χ2v) is 19.9. The SMILES string of the molecule is Cc1cnc2c(-c3ccc(-c4ccc(N(c5ccccc5)c5cccc6ccccc56)cc4)s3)c3nsnc3c(-c3ccc(-c4ccc(N(c5ccccc5)c5cccc6ccccc56)cc4)s3)c2n1. The first-order chi connectivity index (χ1) is 34.6. The van der Waals surface area contributed by atoms with Gasteiger partial charge in [0.05, 0.1) is 28.8 Å². The summed E-state index contributed by atoms with van der Waals surface area (Å²) in [5, 5.41) is 4.82. The van der Waals surface area contributed by atoms with E-state index in [9.17, 15) is 0 Å². The first kappa shape index (κ1) is 41.8. The van der Waals surface area contributed by atoms with E-state index >= 15 is 0 Å². The van der Waals surface area contributed by atoms with Crippen LogP contribution >= 0.6 is 34.4 Å². The quantitative estimate of drug-likeness (QED) is 0.136. The summed E-state index contributed by atoms with van der Waals surface area (Å²) in [6, 6.07) is 77.9. The highest BCUT2D eigenvalue weighted by atomic mass is 32.1. The Labute approximate surface area is 417 Å². The summed E-state index contributed by atoms with van der Waals surface area (Å²) in [6.07, 6.45) is 1.86. The van der Waals surface area contributed by atoms with Crippen molar-refractivity contribution in [2.24, 2.45) is 0 Å². The topological polar surface area (TPSA) is 58.0 Å². The normalized spacial score (nSPS) is 11.5. The monoisotopic (exact) mass is 952 g/mol. The molecule has 0 atom stereocenters. The average Bonchev–Trinajstić information content (AvgIpc) is 4.23. The third kappa shape index (κ3) is 7.39. The van der Waals surface area contributed by atoms with Crippen molar-refractivity contribution in [3.8, 4) is 41.8 Å².